The van der Waals surface area contributed by atoms with E-state index < -0.39 is 10.0 Å². The number of nitrogen functional groups attached to an aromatic ring is 1. The average Bonchev–Trinajstić information content (AvgIpc) is 2.88. The van der Waals surface area contributed by atoms with Gasteiger partial charge in [0.25, 0.3) is 0 Å². The number of rotatable bonds is 2. The number of hydrogen-bond donors (Lipinski definition) is 2. The molecule has 0 bridgehead atoms. The van der Waals surface area contributed by atoms with Crippen molar-refractivity contribution in [2.75, 3.05) is 23.7 Å². The molecule has 1 aliphatic heterocycles. The molecule has 2 atom stereocenters. The second kappa shape index (κ2) is 4.38. The Morgan fingerprint density at radius 2 is 1.79 bits per heavy atom. The van der Waals surface area contributed by atoms with Crippen LogP contribution in [0.2, 0.25) is 0 Å². The van der Waals surface area contributed by atoms with Crippen molar-refractivity contribution in [2.45, 2.75) is 24.2 Å². The lowest BCUT2D eigenvalue weighted by molar-refractivity contribution is 0.494. The average molecular weight is 281 g/mol. The van der Waals surface area contributed by atoms with Crippen LogP contribution in [0.1, 0.15) is 19.3 Å². The summed E-state index contributed by atoms with van der Waals surface area (Å²) in [6.45, 7) is 1.95. The molecule has 4 N–H and O–H groups in total. The highest BCUT2D eigenvalue weighted by Crippen LogP contribution is 2.41. The van der Waals surface area contributed by atoms with Gasteiger partial charge in [-0.15, -0.1) is 0 Å². The third-order valence-corrected chi connectivity index (χ3v) is 5.31. The molecule has 1 aromatic rings. The van der Waals surface area contributed by atoms with Crippen molar-refractivity contribution in [3.8, 4) is 0 Å². The summed E-state index contributed by atoms with van der Waals surface area (Å²) in [7, 11) is -3.67. The predicted octanol–water partition coefficient (Wildman–Crippen LogP) is 1.15. The molecule has 0 spiro atoms. The largest absolute Gasteiger partial charge is 0.397 e. The fourth-order valence-electron chi connectivity index (χ4n) is 3.41. The maximum atomic E-state index is 11.4. The molecule has 2 unspecified atom stereocenters. The van der Waals surface area contributed by atoms with Crippen LogP contribution in [-0.2, 0) is 10.0 Å². The van der Waals surface area contributed by atoms with Gasteiger partial charge in [-0.1, -0.05) is 6.42 Å². The van der Waals surface area contributed by atoms with E-state index in [1.165, 1.54) is 25.3 Å². The summed E-state index contributed by atoms with van der Waals surface area (Å²) in [5.74, 6) is 1.47. The molecule has 1 saturated heterocycles. The van der Waals surface area contributed by atoms with Gasteiger partial charge >= 0.3 is 0 Å². The highest BCUT2D eigenvalue weighted by atomic mass is 32.2. The van der Waals surface area contributed by atoms with Gasteiger partial charge < -0.3 is 10.6 Å². The molecule has 0 amide bonds. The van der Waals surface area contributed by atoms with E-state index in [1.807, 2.05) is 0 Å². The molecule has 2 aliphatic rings. The Morgan fingerprint density at radius 3 is 2.37 bits per heavy atom. The first-order valence-corrected chi connectivity index (χ1v) is 8.17. The van der Waals surface area contributed by atoms with Gasteiger partial charge in [0.05, 0.1) is 16.3 Å². The van der Waals surface area contributed by atoms with E-state index in [0.29, 0.717) is 5.69 Å². The topological polar surface area (TPSA) is 89.4 Å². The fraction of sp³-hybridized carbons (Fsp3) is 0.538. The second-order valence-electron chi connectivity index (χ2n) is 5.62. The molecule has 0 radical (unpaired) electrons. The maximum absolute atomic E-state index is 11.4. The van der Waals surface area contributed by atoms with Gasteiger partial charge in [-0.2, -0.15) is 0 Å². The Kier molecular flexibility index (Phi) is 2.94. The van der Waals surface area contributed by atoms with E-state index in [-0.39, 0.29) is 4.90 Å². The molecular weight excluding hydrogens is 262 g/mol. The normalized spacial score (nSPS) is 26.7. The van der Waals surface area contributed by atoms with Crippen LogP contribution in [0.3, 0.4) is 0 Å². The first-order chi connectivity index (χ1) is 8.95. The van der Waals surface area contributed by atoms with E-state index in [4.69, 9.17) is 10.9 Å². The highest BCUT2D eigenvalue weighted by molar-refractivity contribution is 7.89. The van der Waals surface area contributed by atoms with Crippen LogP contribution in [0.5, 0.6) is 0 Å². The molecule has 1 aromatic carbocycles. The monoisotopic (exact) mass is 281 g/mol. The molecule has 1 saturated carbocycles. The lowest BCUT2D eigenvalue weighted by Gasteiger charge is -2.22. The highest BCUT2D eigenvalue weighted by Gasteiger charge is 2.36. The minimum Gasteiger partial charge on any atom is -0.397 e. The molecule has 1 aliphatic carbocycles. The Bertz CT molecular complexity index is 588. The van der Waals surface area contributed by atoms with Gasteiger partial charge in [0.2, 0.25) is 10.0 Å². The summed E-state index contributed by atoms with van der Waals surface area (Å²) < 4.78 is 22.9. The van der Waals surface area contributed by atoms with Crippen LogP contribution in [0.25, 0.3) is 0 Å². The lowest BCUT2D eigenvalue weighted by Crippen LogP contribution is -2.22. The summed E-state index contributed by atoms with van der Waals surface area (Å²) in [6, 6.07) is 4.69. The second-order valence-corrected chi connectivity index (χ2v) is 7.18. The number of nitrogens with zero attached hydrogens (tertiary/aromatic N) is 1. The van der Waals surface area contributed by atoms with Crippen LogP contribution in [0.15, 0.2) is 23.1 Å². The fourth-order valence-corrected chi connectivity index (χ4v) is 3.94. The number of fused-ring (bicyclic) bond motifs is 1. The van der Waals surface area contributed by atoms with Crippen LogP contribution in [-0.4, -0.2) is 21.5 Å². The third-order valence-electron chi connectivity index (χ3n) is 4.40. The van der Waals surface area contributed by atoms with Crippen LogP contribution in [0, 0.1) is 11.8 Å². The summed E-state index contributed by atoms with van der Waals surface area (Å²) in [4.78, 5) is 2.34. The number of nitrogens with two attached hydrogens (primary N) is 2. The zero-order valence-electron chi connectivity index (χ0n) is 10.7. The van der Waals surface area contributed by atoms with Crippen molar-refractivity contribution in [3.63, 3.8) is 0 Å². The van der Waals surface area contributed by atoms with Gasteiger partial charge in [0, 0.05) is 13.1 Å². The molecular formula is C13H19N3O2S. The zero-order valence-corrected chi connectivity index (χ0v) is 11.6. The minimum atomic E-state index is -3.67. The smallest absolute Gasteiger partial charge is 0.238 e. The molecule has 1 heterocycles. The SMILES string of the molecule is Nc1ccc(S(N)(=O)=O)cc1N1CC2CCCC2C1. The summed E-state index contributed by atoms with van der Waals surface area (Å²) in [6.07, 6.45) is 3.86. The Balaban J connectivity index is 1.92. The van der Waals surface area contributed by atoms with Gasteiger partial charge in [-0.05, 0) is 42.9 Å². The first-order valence-electron chi connectivity index (χ1n) is 6.62. The predicted molar refractivity (Wildman–Crippen MR) is 75.3 cm³/mol. The van der Waals surface area contributed by atoms with Crippen molar-refractivity contribution in [1.82, 2.24) is 0 Å². The summed E-state index contributed by atoms with van der Waals surface area (Å²) in [5, 5.41) is 5.18. The lowest BCUT2D eigenvalue weighted by atomic mass is 10.0. The Hall–Kier alpha value is -1.27. The van der Waals surface area contributed by atoms with Gasteiger partial charge in [-0.3, -0.25) is 0 Å². The number of hydrogen-bond acceptors (Lipinski definition) is 4. The van der Waals surface area contributed by atoms with E-state index in [2.05, 4.69) is 4.90 Å². The van der Waals surface area contributed by atoms with Crippen LogP contribution in [0.4, 0.5) is 11.4 Å². The van der Waals surface area contributed by atoms with Crippen molar-refractivity contribution in [1.29, 1.82) is 0 Å². The van der Waals surface area contributed by atoms with Gasteiger partial charge in [0.1, 0.15) is 0 Å². The molecule has 104 valence electrons. The first kappa shape index (κ1) is 12.7. The number of primary sulfonamides is 1. The zero-order chi connectivity index (χ0) is 13.6. The third kappa shape index (κ3) is 2.30. The van der Waals surface area contributed by atoms with Crippen molar-refractivity contribution < 1.29 is 8.42 Å². The van der Waals surface area contributed by atoms with Crippen LogP contribution < -0.4 is 15.8 Å². The van der Waals surface area contributed by atoms with E-state index in [1.54, 1.807) is 12.1 Å². The van der Waals surface area contributed by atoms with E-state index >= 15 is 0 Å². The summed E-state index contributed by atoms with van der Waals surface area (Å²) >= 11 is 0. The van der Waals surface area contributed by atoms with Crippen molar-refractivity contribution in [2.24, 2.45) is 17.0 Å². The van der Waals surface area contributed by atoms with Crippen LogP contribution >= 0.6 is 0 Å². The quantitative estimate of drug-likeness (QED) is 0.796. The molecule has 19 heavy (non-hydrogen) atoms. The van der Waals surface area contributed by atoms with Gasteiger partial charge in [-0.25, -0.2) is 13.6 Å². The standard InChI is InChI=1S/C13H19N3O2S/c14-12-5-4-11(19(15,17)18)6-13(12)16-7-9-2-1-3-10(9)8-16/h4-6,9-10H,1-3,7-8,14H2,(H2,15,17,18). The number of anilines is 2. The Morgan fingerprint density at radius 1 is 1.16 bits per heavy atom. The number of sulfonamides is 1. The van der Waals surface area contributed by atoms with Crippen molar-refractivity contribution >= 4 is 21.4 Å². The number of benzene rings is 1. The molecule has 2 fully saturated rings. The minimum absolute atomic E-state index is 0.133. The molecule has 0 aromatic heterocycles. The van der Waals surface area contributed by atoms with E-state index in [0.717, 1.165) is 30.6 Å². The van der Waals surface area contributed by atoms with E-state index in [9.17, 15) is 8.42 Å². The maximum Gasteiger partial charge on any atom is 0.238 e. The Labute approximate surface area is 113 Å². The summed E-state index contributed by atoms with van der Waals surface area (Å²) in [5.41, 5.74) is 7.41. The molecule has 3 rings (SSSR count). The molecule has 6 heteroatoms. The van der Waals surface area contributed by atoms with Crippen molar-refractivity contribution in [3.05, 3.63) is 18.2 Å². The molecule has 5 nitrogen and oxygen atoms in total. The van der Waals surface area contributed by atoms with Gasteiger partial charge in [0.15, 0.2) is 0 Å².